The Labute approximate surface area is 185 Å². The van der Waals surface area contributed by atoms with Gasteiger partial charge >= 0.3 is 0 Å². The highest BCUT2D eigenvalue weighted by Crippen LogP contribution is 2.27. The minimum Gasteiger partial charge on any atom is -0.353 e. The number of carbonyl (C=O) groups excluding carboxylic acids is 2. The number of carbonyl (C=O) groups is 2. The Balaban J connectivity index is 1.77. The van der Waals surface area contributed by atoms with Crippen molar-refractivity contribution >= 4 is 28.3 Å². The Kier molecular flexibility index (Phi) is 7.49. The average Bonchev–Trinajstić information content (AvgIpc) is 3.17. The summed E-state index contributed by atoms with van der Waals surface area (Å²) in [4.78, 5) is 31.6. The van der Waals surface area contributed by atoms with E-state index in [1.807, 2.05) is 44.2 Å². The summed E-state index contributed by atoms with van der Waals surface area (Å²) in [5.74, 6) is -0.757. The van der Waals surface area contributed by atoms with Crippen LogP contribution in [0.5, 0.6) is 0 Å². The smallest absolute Gasteiger partial charge is 0.248 e. The zero-order valence-electron chi connectivity index (χ0n) is 17.6. The standard InChI is InChI=1S/C23H25FN4O2S/c1-15(2)25-20(29)13-28(3)21(17-7-5-4-6-8-17)22(30)27-23-26-19(14-31-23)16-9-11-18(24)12-10-16/h4-12,14-15,21H,13H2,1-3H3,(H,25,29)(H,26,27,30). The van der Waals surface area contributed by atoms with E-state index in [9.17, 15) is 14.0 Å². The fourth-order valence-corrected chi connectivity index (χ4v) is 3.91. The molecule has 31 heavy (non-hydrogen) atoms. The Morgan fingerprint density at radius 1 is 1.10 bits per heavy atom. The molecule has 0 aliphatic carbocycles. The predicted octanol–water partition coefficient (Wildman–Crippen LogP) is 4.09. The molecule has 0 bridgehead atoms. The van der Waals surface area contributed by atoms with Gasteiger partial charge in [-0.25, -0.2) is 9.37 Å². The first kappa shape index (κ1) is 22.6. The van der Waals surface area contributed by atoms with Crippen LogP contribution in [0.3, 0.4) is 0 Å². The van der Waals surface area contributed by atoms with E-state index in [4.69, 9.17) is 0 Å². The van der Waals surface area contributed by atoms with Gasteiger partial charge in [0.1, 0.15) is 11.9 Å². The normalized spacial score (nSPS) is 12.1. The first-order valence-corrected chi connectivity index (χ1v) is 10.8. The van der Waals surface area contributed by atoms with Crippen molar-refractivity contribution in [3.63, 3.8) is 0 Å². The van der Waals surface area contributed by atoms with Crippen molar-refractivity contribution in [1.82, 2.24) is 15.2 Å². The van der Waals surface area contributed by atoms with Gasteiger partial charge < -0.3 is 10.6 Å². The topological polar surface area (TPSA) is 74.3 Å². The molecule has 162 valence electrons. The van der Waals surface area contributed by atoms with Crippen LogP contribution in [-0.2, 0) is 9.59 Å². The van der Waals surface area contributed by atoms with Crippen LogP contribution in [0, 0.1) is 5.82 Å². The molecule has 0 aliphatic heterocycles. The maximum Gasteiger partial charge on any atom is 0.248 e. The number of amides is 2. The van der Waals surface area contributed by atoms with Crippen molar-refractivity contribution in [2.75, 3.05) is 18.9 Å². The third-order valence-corrected chi connectivity index (χ3v) is 5.28. The summed E-state index contributed by atoms with van der Waals surface area (Å²) in [5.41, 5.74) is 2.19. The number of aromatic nitrogens is 1. The van der Waals surface area contributed by atoms with E-state index in [2.05, 4.69) is 15.6 Å². The van der Waals surface area contributed by atoms with E-state index >= 15 is 0 Å². The second kappa shape index (κ2) is 10.3. The molecule has 3 rings (SSSR count). The highest BCUT2D eigenvalue weighted by atomic mass is 32.1. The van der Waals surface area contributed by atoms with Crippen molar-refractivity contribution in [3.05, 3.63) is 71.4 Å². The molecule has 0 radical (unpaired) electrons. The monoisotopic (exact) mass is 440 g/mol. The summed E-state index contributed by atoms with van der Waals surface area (Å²) in [7, 11) is 1.74. The van der Waals surface area contributed by atoms with E-state index in [0.717, 1.165) is 11.1 Å². The van der Waals surface area contributed by atoms with Crippen molar-refractivity contribution in [2.45, 2.75) is 25.9 Å². The van der Waals surface area contributed by atoms with Crippen LogP contribution in [0.4, 0.5) is 9.52 Å². The van der Waals surface area contributed by atoms with Crippen LogP contribution < -0.4 is 10.6 Å². The fraction of sp³-hybridized carbons (Fsp3) is 0.261. The largest absolute Gasteiger partial charge is 0.353 e. The summed E-state index contributed by atoms with van der Waals surface area (Å²) in [6.07, 6.45) is 0. The van der Waals surface area contributed by atoms with Gasteiger partial charge in [-0.05, 0) is 50.7 Å². The lowest BCUT2D eigenvalue weighted by Gasteiger charge is -2.27. The number of halogens is 1. The van der Waals surface area contributed by atoms with E-state index in [1.54, 1.807) is 29.5 Å². The molecule has 1 unspecified atom stereocenters. The molecule has 1 heterocycles. The second-order valence-corrected chi connectivity index (χ2v) is 8.34. The minimum absolute atomic E-state index is 0.0186. The van der Waals surface area contributed by atoms with Crippen LogP contribution in [0.1, 0.15) is 25.5 Å². The van der Waals surface area contributed by atoms with Crippen molar-refractivity contribution in [2.24, 2.45) is 0 Å². The van der Waals surface area contributed by atoms with Gasteiger partial charge in [0.15, 0.2) is 5.13 Å². The Morgan fingerprint density at radius 2 is 1.77 bits per heavy atom. The minimum atomic E-state index is -0.669. The summed E-state index contributed by atoms with van der Waals surface area (Å²) < 4.78 is 13.2. The molecule has 0 fully saturated rings. The number of likely N-dealkylation sites (N-methyl/N-ethyl adjacent to an activating group) is 1. The molecule has 0 aliphatic rings. The summed E-state index contributed by atoms with van der Waals surface area (Å²) in [6.45, 7) is 3.85. The van der Waals surface area contributed by atoms with Gasteiger partial charge in [0.2, 0.25) is 11.8 Å². The van der Waals surface area contributed by atoms with Crippen molar-refractivity contribution in [3.8, 4) is 11.3 Å². The van der Waals surface area contributed by atoms with Crippen LogP contribution in [0.2, 0.25) is 0 Å². The third kappa shape index (κ3) is 6.19. The average molecular weight is 441 g/mol. The van der Waals surface area contributed by atoms with E-state index in [1.165, 1.54) is 23.5 Å². The van der Waals surface area contributed by atoms with Gasteiger partial charge in [0.25, 0.3) is 0 Å². The number of thiazole rings is 1. The van der Waals surface area contributed by atoms with Gasteiger partial charge in [-0.15, -0.1) is 11.3 Å². The molecular weight excluding hydrogens is 415 g/mol. The molecule has 3 aromatic rings. The summed E-state index contributed by atoms with van der Waals surface area (Å²) in [6, 6.07) is 14.7. The molecule has 0 saturated heterocycles. The first-order valence-electron chi connectivity index (χ1n) is 9.90. The van der Waals surface area contributed by atoms with Crippen LogP contribution in [0.25, 0.3) is 11.3 Å². The quantitative estimate of drug-likeness (QED) is 0.553. The molecule has 0 spiro atoms. The highest BCUT2D eigenvalue weighted by Gasteiger charge is 2.27. The molecule has 1 aromatic heterocycles. The Bertz CT molecular complexity index is 1020. The van der Waals surface area contributed by atoms with Crippen LogP contribution in [0.15, 0.2) is 60.0 Å². The number of benzene rings is 2. The number of nitrogens with one attached hydrogen (secondary N) is 2. The van der Waals surface area contributed by atoms with Gasteiger partial charge in [0.05, 0.1) is 12.2 Å². The molecule has 0 saturated carbocycles. The lowest BCUT2D eigenvalue weighted by molar-refractivity contribution is -0.125. The van der Waals surface area contributed by atoms with Crippen LogP contribution in [-0.4, -0.2) is 41.3 Å². The van der Waals surface area contributed by atoms with Gasteiger partial charge in [-0.3, -0.25) is 14.5 Å². The van der Waals surface area contributed by atoms with Gasteiger partial charge in [0, 0.05) is 17.0 Å². The molecule has 1 atom stereocenters. The number of hydrogen-bond donors (Lipinski definition) is 2. The SMILES string of the molecule is CC(C)NC(=O)CN(C)C(C(=O)Nc1nc(-c2ccc(F)cc2)cs1)c1ccccc1. The number of nitrogens with zero attached hydrogens (tertiary/aromatic N) is 2. The maximum absolute atomic E-state index is 13.2. The van der Waals surface area contributed by atoms with E-state index in [0.29, 0.717) is 10.8 Å². The molecule has 6 nitrogen and oxygen atoms in total. The molecule has 2 N–H and O–H groups in total. The zero-order valence-corrected chi connectivity index (χ0v) is 18.4. The predicted molar refractivity (Wildman–Crippen MR) is 121 cm³/mol. The summed E-state index contributed by atoms with van der Waals surface area (Å²) in [5, 5.41) is 7.94. The third-order valence-electron chi connectivity index (χ3n) is 4.52. The van der Waals surface area contributed by atoms with Crippen LogP contribution >= 0.6 is 11.3 Å². The van der Waals surface area contributed by atoms with Crippen molar-refractivity contribution in [1.29, 1.82) is 0 Å². The van der Waals surface area contributed by atoms with Gasteiger partial charge in [-0.2, -0.15) is 0 Å². The van der Waals surface area contributed by atoms with Crippen molar-refractivity contribution < 1.29 is 14.0 Å². The molecule has 2 aromatic carbocycles. The Morgan fingerprint density at radius 3 is 2.42 bits per heavy atom. The fourth-order valence-electron chi connectivity index (χ4n) is 3.18. The molecule has 8 heteroatoms. The maximum atomic E-state index is 13.2. The summed E-state index contributed by atoms with van der Waals surface area (Å²) >= 11 is 1.29. The Hall–Kier alpha value is -3.10. The van der Waals surface area contributed by atoms with Gasteiger partial charge in [-0.1, -0.05) is 30.3 Å². The highest BCUT2D eigenvalue weighted by molar-refractivity contribution is 7.14. The lowest BCUT2D eigenvalue weighted by atomic mass is 10.0. The molecular formula is C23H25FN4O2S. The lowest BCUT2D eigenvalue weighted by Crippen LogP contribution is -2.43. The second-order valence-electron chi connectivity index (χ2n) is 7.48. The number of anilines is 1. The number of hydrogen-bond acceptors (Lipinski definition) is 5. The first-order chi connectivity index (χ1) is 14.8. The zero-order chi connectivity index (χ0) is 22.4. The van der Waals surface area contributed by atoms with E-state index in [-0.39, 0.29) is 30.2 Å². The number of rotatable bonds is 8. The molecule has 2 amide bonds. The van der Waals surface area contributed by atoms with E-state index < -0.39 is 6.04 Å².